The predicted octanol–water partition coefficient (Wildman–Crippen LogP) is 2.84. The van der Waals surface area contributed by atoms with E-state index in [0.29, 0.717) is 18.1 Å². The molecule has 0 aliphatic rings. The first-order chi connectivity index (χ1) is 8.29. The van der Waals surface area contributed by atoms with Gasteiger partial charge in [0.15, 0.2) is 0 Å². The van der Waals surface area contributed by atoms with Crippen LogP contribution in [0.3, 0.4) is 0 Å². The van der Waals surface area contributed by atoms with Crippen molar-refractivity contribution >= 4 is 0 Å². The van der Waals surface area contributed by atoms with Crippen molar-refractivity contribution in [2.24, 2.45) is 0 Å². The number of ether oxygens (including phenoxy) is 1. The van der Waals surface area contributed by atoms with E-state index in [9.17, 15) is 0 Å². The molecule has 0 N–H and O–H groups in total. The van der Waals surface area contributed by atoms with Gasteiger partial charge < -0.3 is 4.74 Å². The summed E-state index contributed by atoms with van der Waals surface area (Å²) in [5.41, 5.74) is 2.43. The third kappa shape index (κ3) is 2.82. The van der Waals surface area contributed by atoms with Gasteiger partial charge in [-0.05, 0) is 19.1 Å². The van der Waals surface area contributed by atoms with Gasteiger partial charge >= 0.3 is 0 Å². The highest BCUT2D eigenvalue weighted by molar-refractivity contribution is 5.37. The quantitative estimate of drug-likeness (QED) is 0.805. The zero-order chi connectivity index (χ0) is 12.1. The van der Waals surface area contributed by atoms with Crippen molar-refractivity contribution in [3.8, 4) is 11.9 Å². The van der Waals surface area contributed by atoms with E-state index in [4.69, 9.17) is 10.00 Å². The lowest BCUT2D eigenvalue weighted by Crippen LogP contribution is -1.99. The Kier molecular flexibility index (Phi) is 3.37. The largest absolute Gasteiger partial charge is 0.473 e. The lowest BCUT2D eigenvalue weighted by molar-refractivity contribution is 0.293. The molecule has 0 bridgehead atoms. The van der Waals surface area contributed by atoms with Crippen molar-refractivity contribution in [1.82, 2.24) is 4.98 Å². The summed E-state index contributed by atoms with van der Waals surface area (Å²) < 4.78 is 5.55. The van der Waals surface area contributed by atoms with Gasteiger partial charge in [-0.15, -0.1) is 0 Å². The predicted molar refractivity (Wildman–Crippen MR) is 64.5 cm³/mol. The van der Waals surface area contributed by atoms with Crippen LogP contribution in [-0.4, -0.2) is 4.98 Å². The zero-order valence-corrected chi connectivity index (χ0v) is 9.55. The Morgan fingerprint density at radius 2 is 2.00 bits per heavy atom. The Labute approximate surface area is 100 Å². The van der Waals surface area contributed by atoms with Gasteiger partial charge in [-0.2, -0.15) is 5.26 Å². The molecular formula is C14H12N2O. The molecule has 0 spiro atoms. The Morgan fingerprint density at radius 3 is 2.76 bits per heavy atom. The molecule has 84 valence electrons. The minimum Gasteiger partial charge on any atom is -0.473 e. The smallest absolute Gasteiger partial charge is 0.213 e. The Bertz CT molecular complexity index is 558. The van der Waals surface area contributed by atoms with Gasteiger partial charge in [0, 0.05) is 17.3 Å². The minimum atomic E-state index is 0.361. The van der Waals surface area contributed by atoms with Crippen molar-refractivity contribution in [3.05, 3.63) is 59.3 Å². The monoisotopic (exact) mass is 224 g/mol. The van der Waals surface area contributed by atoms with Gasteiger partial charge in [0.1, 0.15) is 6.61 Å². The second-order valence-electron chi connectivity index (χ2n) is 3.67. The molecule has 1 aromatic heterocycles. The van der Waals surface area contributed by atoms with Crippen LogP contribution in [0, 0.1) is 18.3 Å². The number of pyridine rings is 1. The lowest BCUT2D eigenvalue weighted by Gasteiger charge is -2.06. The highest BCUT2D eigenvalue weighted by atomic mass is 16.5. The summed E-state index contributed by atoms with van der Waals surface area (Å²) in [5, 5.41) is 8.94. The zero-order valence-electron chi connectivity index (χ0n) is 9.55. The Balaban J connectivity index is 2.10. The fraction of sp³-hybridized carbons (Fsp3) is 0.143. The van der Waals surface area contributed by atoms with E-state index < -0.39 is 0 Å². The van der Waals surface area contributed by atoms with Crippen LogP contribution in [0.5, 0.6) is 5.88 Å². The molecule has 2 rings (SSSR count). The van der Waals surface area contributed by atoms with Crippen LogP contribution < -0.4 is 4.74 Å². The maximum Gasteiger partial charge on any atom is 0.213 e. The van der Waals surface area contributed by atoms with Crippen molar-refractivity contribution in [1.29, 1.82) is 5.26 Å². The molecule has 3 heteroatoms. The van der Waals surface area contributed by atoms with Crippen molar-refractivity contribution < 1.29 is 4.74 Å². The molecule has 0 atom stereocenters. The second-order valence-corrected chi connectivity index (χ2v) is 3.67. The molecule has 0 unspecified atom stereocenters. The third-order valence-corrected chi connectivity index (χ3v) is 2.38. The van der Waals surface area contributed by atoms with Gasteiger partial charge in [-0.3, -0.25) is 0 Å². The van der Waals surface area contributed by atoms with Crippen LogP contribution in [0.2, 0.25) is 0 Å². The fourth-order valence-corrected chi connectivity index (χ4v) is 1.51. The second kappa shape index (κ2) is 5.13. The first kappa shape index (κ1) is 11.2. The first-order valence-electron chi connectivity index (χ1n) is 5.34. The van der Waals surface area contributed by atoms with Crippen LogP contribution in [0.4, 0.5) is 0 Å². The number of nitrogens with zero attached hydrogens (tertiary/aromatic N) is 2. The summed E-state index contributed by atoms with van der Waals surface area (Å²) in [6.07, 6.45) is 0. The molecule has 0 saturated heterocycles. The molecule has 0 aliphatic carbocycles. The third-order valence-electron chi connectivity index (χ3n) is 2.38. The molecular weight excluding hydrogens is 212 g/mol. The molecule has 0 amide bonds. The van der Waals surface area contributed by atoms with Crippen molar-refractivity contribution in [3.63, 3.8) is 0 Å². The summed E-state index contributed by atoms with van der Waals surface area (Å²) in [6, 6.07) is 15.2. The molecule has 0 aliphatic heterocycles. The highest BCUT2D eigenvalue weighted by Gasteiger charge is 2.02. The summed E-state index contributed by atoms with van der Waals surface area (Å²) in [7, 11) is 0. The van der Waals surface area contributed by atoms with Gasteiger partial charge in [-0.25, -0.2) is 4.98 Å². The van der Waals surface area contributed by atoms with Gasteiger partial charge in [-0.1, -0.05) is 24.3 Å². The number of aromatic nitrogens is 1. The van der Waals surface area contributed by atoms with Crippen LogP contribution >= 0.6 is 0 Å². The molecule has 1 aromatic carbocycles. The Morgan fingerprint density at radius 1 is 1.18 bits per heavy atom. The van der Waals surface area contributed by atoms with E-state index in [2.05, 4.69) is 11.1 Å². The van der Waals surface area contributed by atoms with Gasteiger partial charge in [0.2, 0.25) is 5.88 Å². The molecule has 17 heavy (non-hydrogen) atoms. The van der Waals surface area contributed by atoms with Crippen molar-refractivity contribution in [2.75, 3.05) is 0 Å². The van der Waals surface area contributed by atoms with E-state index in [-0.39, 0.29) is 0 Å². The highest BCUT2D eigenvalue weighted by Crippen LogP contribution is 2.12. The summed E-state index contributed by atoms with van der Waals surface area (Å²) in [4.78, 5) is 4.24. The average molecular weight is 224 g/mol. The van der Waals surface area contributed by atoms with Gasteiger partial charge in [0.05, 0.1) is 11.6 Å². The molecule has 0 radical (unpaired) electrons. The van der Waals surface area contributed by atoms with Crippen molar-refractivity contribution in [2.45, 2.75) is 13.5 Å². The topological polar surface area (TPSA) is 45.9 Å². The molecule has 0 fully saturated rings. The van der Waals surface area contributed by atoms with E-state index in [1.165, 1.54) is 0 Å². The molecule has 2 aromatic rings. The lowest BCUT2D eigenvalue weighted by atomic mass is 10.1. The number of aryl methyl sites for hydroxylation is 1. The average Bonchev–Trinajstić information content (AvgIpc) is 2.37. The molecule has 1 heterocycles. The minimum absolute atomic E-state index is 0.361. The van der Waals surface area contributed by atoms with E-state index in [1.54, 1.807) is 6.07 Å². The number of rotatable bonds is 3. The first-order valence-corrected chi connectivity index (χ1v) is 5.34. The molecule has 0 saturated carbocycles. The van der Waals surface area contributed by atoms with Crippen LogP contribution in [0.1, 0.15) is 16.8 Å². The number of benzene rings is 1. The number of hydrogen-bond acceptors (Lipinski definition) is 3. The van der Waals surface area contributed by atoms with E-state index >= 15 is 0 Å². The van der Waals surface area contributed by atoms with Gasteiger partial charge in [0.25, 0.3) is 0 Å². The number of hydrogen-bond donors (Lipinski definition) is 0. The SMILES string of the molecule is Cc1cccc(OCc2ccccc2C#N)n1. The summed E-state index contributed by atoms with van der Waals surface area (Å²) in [5.74, 6) is 0.581. The maximum absolute atomic E-state index is 8.94. The van der Waals surface area contributed by atoms with E-state index in [1.807, 2.05) is 43.3 Å². The number of nitriles is 1. The standard InChI is InChI=1S/C14H12N2O/c1-11-5-4-8-14(16-11)17-10-13-7-3-2-6-12(13)9-15/h2-8H,10H2,1H3. The molecule has 3 nitrogen and oxygen atoms in total. The summed E-state index contributed by atoms with van der Waals surface area (Å²) in [6.45, 7) is 2.27. The fourth-order valence-electron chi connectivity index (χ4n) is 1.51. The van der Waals surface area contributed by atoms with Crippen LogP contribution in [-0.2, 0) is 6.61 Å². The van der Waals surface area contributed by atoms with E-state index in [0.717, 1.165) is 11.3 Å². The van der Waals surface area contributed by atoms with Crippen LogP contribution in [0.15, 0.2) is 42.5 Å². The normalized spacial score (nSPS) is 9.65. The maximum atomic E-state index is 8.94. The summed E-state index contributed by atoms with van der Waals surface area (Å²) >= 11 is 0. The Hall–Kier alpha value is -2.34. The van der Waals surface area contributed by atoms with Crippen LogP contribution in [0.25, 0.3) is 0 Å².